The fourth-order valence-corrected chi connectivity index (χ4v) is 3.54. The van der Waals surface area contributed by atoms with E-state index in [2.05, 4.69) is 18.7 Å². The Labute approximate surface area is 118 Å². The van der Waals surface area contributed by atoms with E-state index < -0.39 is 0 Å². The summed E-state index contributed by atoms with van der Waals surface area (Å²) in [5.41, 5.74) is 0.588. The van der Waals surface area contributed by atoms with E-state index >= 15 is 0 Å². The van der Waals surface area contributed by atoms with Gasteiger partial charge in [-0.3, -0.25) is 9.69 Å². The minimum atomic E-state index is -0.306. The Morgan fingerprint density at radius 1 is 1.37 bits per heavy atom. The summed E-state index contributed by atoms with van der Waals surface area (Å²) in [5.74, 6) is 0.816. The van der Waals surface area contributed by atoms with Crippen LogP contribution in [-0.2, 0) is 0 Å². The van der Waals surface area contributed by atoms with E-state index in [-0.39, 0.29) is 22.4 Å². The molecule has 1 aliphatic rings. The highest BCUT2D eigenvalue weighted by Crippen LogP contribution is 2.30. The lowest BCUT2D eigenvalue weighted by atomic mass is 10.0. The lowest BCUT2D eigenvalue weighted by Gasteiger charge is -2.40. The Morgan fingerprint density at radius 2 is 2.00 bits per heavy atom. The van der Waals surface area contributed by atoms with Crippen molar-refractivity contribution < 1.29 is 9.18 Å². The van der Waals surface area contributed by atoms with Crippen molar-refractivity contribution in [3.8, 4) is 0 Å². The van der Waals surface area contributed by atoms with Gasteiger partial charge in [0.2, 0.25) is 0 Å². The van der Waals surface area contributed by atoms with Gasteiger partial charge >= 0.3 is 0 Å². The molecule has 19 heavy (non-hydrogen) atoms. The van der Waals surface area contributed by atoms with E-state index in [9.17, 15) is 9.18 Å². The van der Waals surface area contributed by atoms with Crippen LogP contribution >= 0.6 is 11.8 Å². The van der Waals surface area contributed by atoms with Gasteiger partial charge in [-0.15, -0.1) is 0 Å². The number of nitrogens with zero attached hydrogens (tertiary/aromatic N) is 1. The Kier molecular flexibility index (Phi) is 4.31. The van der Waals surface area contributed by atoms with E-state index in [4.69, 9.17) is 0 Å². The zero-order valence-corrected chi connectivity index (χ0v) is 12.5. The van der Waals surface area contributed by atoms with E-state index in [1.54, 1.807) is 12.1 Å². The van der Waals surface area contributed by atoms with Crippen LogP contribution in [0, 0.1) is 5.82 Å². The summed E-state index contributed by atoms with van der Waals surface area (Å²) >= 11 is 1.95. The minimum absolute atomic E-state index is 0.0719. The molecular formula is C15H20FNOS. The smallest absolute Gasteiger partial charge is 0.179 e. The molecule has 0 saturated carbocycles. The van der Waals surface area contributed by atoms with Gasteiger partial charge in [0.15, 0.2) is 5.78 Å². The van der Waals surface area contributed by atoms with Crippen molar-refractivity contribution >= 4 is 17.5 Å². The van der Waals surface area contributed by atoms with Crippen LogP contribution in [0.4, 0.5) is 4.39 Å². The fourth-order valence-electron chi connectivity index (χ4n) is 2.40. The van der Waals surface area contributed by atoms with Gasteiger partial charge in [0.05, 0.1) is 6.04 Å². The number of halogens is 1. The topological polar surface area (TPSA) is 20.3 Å². The third-order valence-electron chi connectivity index (χ3n) is 3.51. The number of Topliss-reactive ketones (excluding diaryl/α,β-unsaturated/α-hetero) is 1. The number of thioether (sulfide) groups is 1. The maximum Gasteiger partial charge on any atom is 0.179 e. The number of benzene rings is 1. The standard InChI is InChI=1S/C15H20FNOS/c1-11(17-8-9-19-15(2,3)10-17)14(18)12-4-6-13(16)7-5-12/h4-7,11H,8-10H2,1-3H3. The zero-order chi connectivity index (χ0) is 14.0. The van der Waals surface area contributed by atoms with E-state index in [0.717, 1.165) is 18.8 Å². The number of carbonyl (C=O) groups is 1. The monoisotopic (exact) mass is 281 g/mol. The summed E-state index contributed by atoms with van der Waals surface area (Å²) in [6.07, 6.45) is 0. The molecule has 0 radical (unpaired) electrons. The molecule has 1 atom stereocenters. The van der Waals surface area contributed by atoms with Crippen LogP contribution in [0.25, 0.3) is 0 Å². The molecule has 104 valence electrons. The number of rotatable bonds is 3. The van der Waals surface area contributed by atoms with Crippen LogP contribution in [0.5, 0.6) is 0 Å². The molecule has 1 aliphatic heterocycles. The molecule has 2 rings (SSSR count). The second kappa shape index (κ2) is 5.63. The summed E-state index contributed by atoms with van der Waals surface area (Å²) in [6.45, 7) is 8.20. The van der Waals surface area contributed by atoms with Gasteiger partial charge in [0.25, 0.3) is 0 Å². The molecule has 2 nitrogen and oxygen atoms in total. The van der Waals surface area contributed by atoms with Gasteiger partial charge in [0, 0.05) is 29.2 Å². The maximum absolute atomic E-state index is 12.9. The Bertz CT molecular complexity index is 458. The van der Waals surface area contributed by atoms with Gasteiger partial charge in [0.1, 0.15) is 5.82 Å². The Morgan fingerprint density at radius 3 is 2.58 bits per heavy atom. The van der Waals surface area contributed by atoms with E-state index in [0.29, 0.717) is 5.56 Å². The molecule has 1 fully saturated rings. The summed E-state index contributed by atoms with van der Waals surface area (Å²) in [5, 5.41) is 0. The van der Waals surface area contributed by atoms with Crippen LogP contribution in [0.3, 0.4) is 0 Å². The first kappa shape index (κ1) is 14.5. The summed E-state index contributed by atoms with van der Waals surface area (Å²) in [6, 6.07) is 5.67. The molecule has 1 aromatic rings. The van der Waals surface area contributed by atoms with Crippen molar-refractivity contribution in [2.24, 2.45) is 0 Å². The van der Waals surface area contributed by atoms with Gasteiger partial charge in [-0.25, -0.2) is 4.39 Å². The molecule has 0 spiro atoms. The zero-order valence-electron chi connectivity index (χ0n) is 11.6. The minimum Gasteiger partial charge on any atom is -0.292 e. The maximum atomic E-state index is 12.9. The first-order valence-electron chi connectivity index (χ1n) is 6.57. The summed E-state index contributed by atoms with van der Waals surface area (Å²) in [7, 11) is 0. The molecular weight excluding hydrogens is 261 g/mol. The second-order valence-electron chi connectivity index (χ2n) is 5.63. The summed E-state index contributed by atoms with van der Waals surface area (Å²) in [4.78, 5) is 14.6. The quantitative estimate of drug-likeness (QED) is 0.793. The van der Waals surface area contributed by atoms with Crippen LogP contribution in [0.1, 0.15) is 31.1 Å². The highest BCUT2D eigenvalue weighted by Gasteiger charge is 2.32. The van der Waals surface area contributed by atoms with Crippen molar-refractivity contribution in [1.82, 2.24) is 4.90 Å². The Hall–Kier alpha value is -0.870. The van der Waals surface area contributed by atoms with Gasteiger partial charge in [-0.05, 0) is 45.0 Å². The highest BCUT2D eigenvalue weighted by atomic mass is 32.2. The van der Waals surface area contributed by atoms with Crippen molar-refractivity contribution in [1.29, 1.82) is 0 Å². The third kappa shape index (κ3) is 3.57. The molecule has 1 saturated heterocycles. The highest BCUT2D eigenvalue weighted by molar-refractivity contribution is 8.00. The van der Waals surface area contributed by atoms with Crippen LogP contribution in [-0.4, -0.2) is 40.3 Å². The van der Waals surface area contributed by atoms with Gasteiger partial charge in [-0.1, -0.05) is 0 Å². The molecule has 0 N–H and O–H groups in total. The largest absolute Gasteiger partial charge is 0.292 e. The van der Waals surface area contributed by atoms with Crippen molar-refractivity contribution in [3.63, 3.8) is 0 Å². The molecule has 1 heterocycles. The fraction of sp³-hybridized carbons (Fsp3) is 0.533. The lowest BCUT2D eigenvalue weighted by Crippen LogP contribution is -2.49. The number of hydrogen-bond donors (Lipinski definition) is 0. The lowest BCUT2D eigenvalue weighted by molar-refractivity contribution is 0.0832. The molecule has 0 amide bonds. The second-order valence-corrected chi connectivity index (χ2v) is 7.43. The van der Waals surface area contributed by atoms with Crippen molar-refractivity contribution in [2.45, 2.75) is 31.6 Å². The van der Waals surface area contributed by atoms with Crippen molar-refractivity contribution in [3.05, 3.63) is 35.6 Å². The van der Waals surface area contributed by atoms with Crippen molar-refractivity contribution in [2.75, 3.05) is 18.8 Å². The number of hydrogen-bond acceptors (Lipinski definition) is 3. The molecule has 1 aromatic carbocycles. The van der Waals surface area contributed by atoms with Crippen LogP contribution < -0.4 is 0 Å². The predicted molar refractivity (Wildman–Crippen MR) is 78.3 cm³/mol. The third-order valence-corrected chi connectivity index (χ3v) is 4.81. The average Bonchev–Trinajstić information content (AvgIpc) is 2.37. The molecule has 0 bridgehead atoms. The average molecular weight is 281 g/mol. The SMILES string of the molecule is CC(C(=O)c1ccc(F)cc1)N1CCSC(C)(C)C1. The molecule has 0 aromatic heterocycles. The number of ketones is 1. The normalized spacial score (nSPS) is 21.1. The first-order valence-corrected chi connectivity index (χ1v) is 7.55. The molecule has 4 heteroatoms. The van der Waals surface area contributed by atoms with E-state index in [1.165, 1.54) is 12.1 Å². The van der Waals surface area contributed by atoms with Crippen LogP contribution in [0.2, 0.25) is 0 Å². The molecule has 0 aliphatic carbocycles. The van der Waals surface area contributed by atoms with Gasteiger partial charge < -0.3 is 0 Å². The summed E-state index contributed by atoms with van der Waals surface area (Å²) < 4.78 is 13.1. The molecule has 1 unspecified atom stereocenters. The Balaban J connectivity index is 2.08. The van der Waals surface area contributed by atoms with Crippen LogP contribution in [0.15, 0.2) is 24.3 Å². The predicted octanol–water partition coefficient (Wildman–Crippen LogP) is 3.22. The van der Waals surface area contributed by atoms with Gasteiger partial charge in [-0.2, -0.15) is 11.8 Å². The van der Waals surface area contributed by atoms with E-state index in [1.807, 2.05) is 18.7 Å². The first-order chi connectivity index (χ1) is 8.89. The number of carbonyl (C=O) groups excluding carboxylic acids is 1.